The van der Waals surface area contributed by atoms with Crippen LogP contribution in [0.2, 0.25) is 0 Å². The lowest BCUT2D eigenvalue weighted by Crippen LogP contribution is -2.42. The summed E-state index contributed by atoms with van der Waals surface area (Å²) in [6.07, 6.45) is 1.30. The molecule has 0 saturated heterocycles. The zero-order valence-electron chi connectivity index (χ0n) is 16.2. The van der Waals surface area contributed by atoms with E-state index in [1.165, 1.54) is 16.8 Å². The van der Waals surface area contributed by atoms with Crippen molar-refractivity contribution < 1.29 is 17.9 Å². The standard InChI is InChI=1S/C17H27BrN2O5S/c1-16(2,3)25-15(22)9-13(19-26(23,24)17(4,5)6)11-8-14(21)20(7)10-12(11)18/h8,10,13,19H,9H2,1-7H3/t13-/m0/s1. The summed E-state index contributed by atoms with van der Waals surface area (Å²) in [6, 6.07) is 0.377. The number of ether oxygens (including phenoxy) is 1. The highest BCUT2D eigenvalue weighted by atomic mass is 79.9. The molecule has 1 aromatic heterocycles. The number of rotatable bonds is 5. The van der Waals surface area contributed by atoms with Crippen molar-refractivity contribution in [2.75, 3.05) is 0 Å². The number of carbonyl (C=O) groups excluding carboxylic acids is 1. The molecule has 7 nitrogen and oxygen atoms in total. The smallest absolute Gasteiger partial charge is 0.308 e. The largest absolute Gasteiger partial charge is 0.460 e. The number of nitrogens with zero attached hydrogens (tertiary/aromatic N) is 1. The predicted octanol–water partition coefficient (Wildman–Crippen LogP) is 2.64. The van der Waals surface area contributed by atoms with Gasteiger partial charge in [0.15, 0.2) is 0 Å². The summed E-state index contributed by atoms with van der Waals surface area (Å²) in [5.74, 6) is -0.563. The molecule has 0 amide bonds. The molecule has 1 atom stereocenters. The molecule has 0 unspecified atom stereocenters. The van der Waals surface area contributed by atoms with E-state index in [2.05, 4.69) is 20.7 Å². The van der Waals surface area contributed by atoms with Gasteiger partial charge in [-0.05, 0) is 63.0 Å². The maximum Gasteiger partial charge on any atom is 0.308 e. The van der Waals surface area contributed by atoms with E-state index in [1.54, 1.807) is 48.6 Å². The molecule has 1 heterocycles. The third-order valence-corrected chi connectivity index (χ3v) is 6.35. The number of sulfonamides is 1. The van der Waals surface area contributed by atoms with Crippen LogP contribution in [0.15, 0.2) is 21.5 Å². The van der Waals surface area contributed by atoms with Gasteiger partial charge in [0, 0.05) is 23.8 Å². The predicted molar refractivity (Wildman–Crippen MR) is 104 cm³/mol. The summed E-state index contributed by atoms with van der Waals surface area (Å²) in [5.41, 5.74) is -0.631. The molecular weight excluding hydrogens is 424 g/mol. The fourth-order valence-electron chi connectivity index (χ4n) is 2.01. The molecule has 1 rings (SSSR count). The summed E-state index contributed by atoms with van der Waals surface area (Å²) in [6.45, 7) is 9.85. The number of carbonyl (C=O) groups is 1. The van der Waals surface area contributed by atoms with Crippen molar-refractivity contribution in [1.82, 2.24) is 9.29 Å². The quantitative estimate of drug-likeness (QED) is 0.695. The highest BCUT2D eigenvalue weighted by molar-refractivity contribution is 9.10. The molecule has 26 heavy (non-hydrogen) atoms. The summed E-state index contributed by atoms with van der Waals surface area (Å²) < 4.78 is 33.9. The van der Waals surface area contributed by atoms with E-state index in [-0.39, 0.29) is 12.0 Å². The lowest BCUT2D eigenvalue weighted by molar-refractivity contribution is -0.155. The Labute approximate surface area is 163 Å². The van der Waals surface area contributed by atoms with Gasteiger partial charge in [-0.1, -0.05) is 0 Å². The number of nitrogens with one attached hydrogen (secondary N) is 1. The Morgan fingerprint density at radius 3 is 2.27 bits per heavy atom. The van der Waals surface area contributed by atoms with Crippen LogP contribution in [0.4, 0.5) is 0 Å². The van der Waals surface area contributed by atoms with E-state index < -0.39 is 32.4 Å². The van der Waals surface area contributed by atoms with E-state index in [0.717, 1.165) is 0 Å². The third-order valence-electron chi connectivity index (χ3n) is 3.48. The Morgan fingerprint density at radius 2 is 1.81 bits per heavy atom. The van der Waals surface area contributed by atoms with E-state index in [9.17, 15) is 18.0 Å². The van der Waals surface area contributed by atoms with Crippen molar-refractivity contribution >= 4 is 31.9 Å². The minimum Gasteiger partial charge on any atom is -0.460 e. The highest BCUT2D eigenvalue weighted by Crippen LogP contribution is 2.28. The zero-order chi connectivity index (χ0) is 20.5. The van der Waals surface area contributed by atoms with Crippen LogP contribution in [0.1, 0.15) is 59.6 Å². The molecule has 0 aromatic carbocycles. The number of hydrogen-bond acceptors (Lipinski definition) is 5. The third kappa shape index (κ3) is 6.21. The SMILES string of the molecule is Cn1cc(Br)c([C@H](CC(=O)OC(C)(C)C)NS(=O)(=O)C(C)(C)C)cc1=O. The average Bonchev–Trinajstić information content (AvgIpc) is 2.38. The lowest BCUT2D eigenvalue weighted by atomic mass is 10.1. The Morgan fingerprint density at radius 1 is 1.27 bits per heavy atom. The van der Waals surface area contributed by atoms with Crippen LogP contribution in [0.5, 0.6) is 0 Å². The van der Waals surface area contributed by atoms with Gasteiger partial charge >= 0.3 is 5.97 Å². The second kappa shape index (κ2) is 7.82. The van der Waals surface area contributed by atoms with Gasteiger partial charge in [0.25, 0.3) is 5.56 Å². The number of pyridine rings is 1. The minimum atomic E-state index is -3.76. The van der Waals surface area contributed by atoms with Crippen molar-refractivity contribution in [2.24, 2.45) is 7.05 Å². The van der Waals surface area contributed by atoms with Crippen LogP contribution >= 0.6 is 15.9 Å². The second-order valence-electron chi connectivity index (χ2n) is 8.10. The molecular formula is C17H27BrN2O5S. The number of aryl methyl sites for hydroxylation is 1. The molecule has 1 aromatic rings. The molecule has 148 valence electrons. The fourth-order valence-corrected chi connectivity index (χ4v) is 3.64. The molecule has 0 saturated carbocycles. The molecule has 0 aliphatic rings. The minimum absolute atomic E-state index is 0.238. The zero-order valence-corrected chi connectivity index (χ0v) is 18.6. The van der Waals surface area contributed by atoms with Crippen molar-refractivity contribution in [3.05, 3.63) is 32.7 Å². The first-order valence-electron chi connectivity index (χ1n) is 8.13. The van der Waals surface area contributed by atoms with E-state index >= 15 is 0 Å². The summed E-state index contributed by atoms with van der Waals surface area (Å²) in [7, 11) is -2.18. The van der Waals surface area contributed by atoms with Crippen LogP contribution in [0.25, 0.3) is 0 Å². The molecule has 0 aliphatic carbocycles. The van der Waals surface area contributed by atoms with Gasteiger partial charge in [-0.2, -0.15) is 0 Å². The van der Waals surface area contributed by atoms with E-state index in [4.69, 9.17) is 4.74 Å². The number of esters is 1. The maximum absolute atomic E-state index is 12.6. The molecule has 1 N–H and O–H groups in total. The maximum atomic E-state index is 12.6. The first-order valence-corrected chi connectivity index (χ1v) is 10.4. The van der Waals surface area contributed by atoms with Crippen LogP contribution < -0.4 is 10.3 Å². The van der Waals surface area contributed by atoms with Crippen LogP contribution in [-0.2, 0) is 26.6 Å². The molecule has 0 aliphatic heterocycles. The van der Waals surface area contributed by atoms with Crippen molar-refractivity contribution in [1.29, 1.82) is 0 Å². The van der Waals surface area contributed by atoms with Crippen LogP contribution in [0.3, 0.4) is 0 Å². The molecule has 0 fully saturated rings. The normalized spacial score (nSPS) is 14.2. The summed E-state index contributed by atoms with van der Waals surface area (Å²) >= 11 is 3.34. The number of halogens is 1. The van der Waals surface area contributed by atoms with E-state index in [0.29, 0.717) is 10.0 Å². The second-order valence-corrected chi connectivity index (χ2v) is 11.4. The van der Waals surface area contributed by atoms with Crippen molar-refractivity contribution in [3.8, 4) is 0 Å². The number of aromatic nitrogens is 1. The molecule has 0 bridgehead atoms. The van der Waals surface area contributed by atoms with Gasteiger partial charge in [0.2, 0.25) is 10.0 Å². The van der Waals surface area contributed by atoms with Crippen LogP contribution in [-0.4, -0.2) is 29.3 Å². The molecule has 0 radical (unpaired) electrons. The topological polar surface area (TPSA) is 94.5 Å². The van der Waals surface area contributed by atoms with E-state index in [1.807, 2.05) is 0 Å². The molecule has 9 heteroatoms. The van der Waals surface area contributed by atoms with Gasteiger partial charge in [0.1, 0.15) is 5.60 Å². The first kappa shape index (κ1) is 22.9. The Balaban J connectivity index is 3.33. The lowest BCUT2D eigenvalue weighted by Gasteiger charge is -2.27. The first-order chi connectivity index (χ1) is 11.5. The average molecular weight is 451 g/mol. The van der Waals surface area contributed by atoms with Crippen molar-refractivity contribution in [3.63, 3.8) is 0 Å². The van der Waals surface area contributed by atoms with Crippen molar-refractivity contribution in [2.45, 2.75) is 64.4 Å². The van der Waals surface area contributed by atoms with Gasteiger partial charge in [-0.25, -0.2) is 13.1 Å². The summed E-state index contributed by atoms with van der Waals surface area (Å²) in [5, 5.41) is 0. The molecule has 0 spiro atoms. The van der Waals surface area contributed by atoms with Gasteiger partial charge in [0.05, 0.1) is 17.2 Å². The van der Waals surface area contributed by atoms with Crippen LogP contribution in [0, 0.1) is 0 Å². The number of hydrogen-bond donors (Lipinski definition) is 1. The fraction of sp³-hybridized carbons (Fsp3) is 0.647. The van der Waals surface area contributed by atoms with Gasteiger partial charge in [-0.3, -0.25) is 9.59 Å². The monoisotopic (exact) mass is 450 g/mol. The van der Waals surface area contributed by atoms with Gasteiger partial charge in [-0.15, -0.1) is 0 Å². The summed E-state index contributed by atoms with van der Waals surface area (Å²) in [4.78, 5) is 24.3. The Bertz CT molecular complexity index is 832. The highest BCUT2D eigenvalue weighted by Gasteiger charge is 2.34. The van der Waals surface area contributed by atoms with Gasteiger partial charge < -0.3 is 9.30 Å². The Kier molecular flexibility index (Phi) is 6.87. The Hall–Kier alpha value is -1.19.